The third-order valence-corrected chi connectivity index (χ3v) is 3.19. The van der Waals surface area contributed by atoms with Crippen LogP contribution < -0.4 is 0 Å². The van der Waals surface area contributed by atoms with Gasteiger partial charge in [0.05, 0.1) is 0 Å². The van der Waals surface area contributed by atoms with E-state index >= 15 is 0 Å². The Morgan fingerprint density at radius 3 is 2.59 bits per heavy atom. The van der Waals surface area contributed by atoms with Crippen molar-refractivity contribution < 1.29 is 0 Å². The topological polar surface area (TPSA) is 8.17 Å². The third-order valence-electron chi connectivity index (χ3n) is 3.19. The van der Waals surface area contributed by atoms with Gasteiger partial charge in [0.1, 0.15) is 0 Å². The van der Waals surface area contributed by atoms with Crippen LogP contribution in [0.2, 0.25) is 0 Å². The molecule has 2 aromatic rings. The number of benzene rings is 1. The minimum atomic E-state index is 0.525. The van der Waals surface area contributed by atoms with E-state index in [4.69, 9.17) is 0 Å². The summed E-state index contributed by atoms with van der Waals surface area (Å²) in [5.74, 6) is 0. The number of hydrogen-bond acceptors (Lipinski definition) is 1. The maximum Gasteiger partial charge on any atom is 0.0485 e. The van der Waals surface area contributed by atoms with Crippen LogP contribution in [0.4, 0.5) is 0 Å². The Bertz CT molecular complexity index is 495. The van der Waals surface area contributed by atoms with Crippen LogP contribution in [0.15, 0.2) is 30.5 Å². The zero-order valence-electron chi connectivity index (χ0n) is 11.3. The van der Waals surface area contributed by atoms with Crippen LogP contribution in [0.1, 0.15) is 25.5 Å². The molecule has 17 heavy (non-hydrogen) atoms. The van der Waals surface area contributed by atoms with E-state index in [1.165, 1.54) is 16.5 Å². The van der Waals surface area contributed by atoms with E-state index in [-0.39, 0.29) is 0 Å². The molecule has 0 aliphatic heterocycles. The molecule has 1 aromatic carbocycles. The summed E-state index contributed by atoms with van der Waals surface area (Å²) >= 11 is 0. The monoisotopic (exact) mass is 230 g/mol. The molecular formula is C15H22N2. The van der Waals surface area contributed by atoms with Gasteiger partial charge in [0.2, 0.25) is 0 Å². The summed E-state index contributed by atoms with van der Waals surface area (Å²) in [4.78, 5) is 2.23. The summed E-state index contributed by atoms with van der Waals surface area (Å²) in [5, 5.41) is 1.34. The first-order chi connectivity index (χ1) is 8.08. The first kappa shape index (κ1) is 12.2. The number of aromatic nitrogens is 1. The molecule has 0 N–H and O–H groups in total. The van der Waals surface area contributed by atoms with Gasteiger partial charge in [-0.3, -0.25) is 0 Å². The maximum atomic E-state index is 2.34. The van der Waals surface area contributed by atoms with Gasteiger partial charge < -0.3 is 9.47 Å². The number of nitrogens with zero attached hydrogens (tertiary/aromatic N) is 2. The van der Waals surface area contributed by atoms with Gasteiger partial charge in [-0.2, -0.15) is 0 Å². The van der Waals surface area contributed by atoms with Crippen molar-refractivity contribution in [3.63, 3.8) is 0 Å². The van der Waals surface area contributed by atoms with E-state index in [0.29, 0.717) is 6.04 Å². The minimum Gasteiger partial charge on any atom is -0.345 e. The van der Waals surface area contributed by atoms with Gasteiger partial charge >= 0.3 is 0 Å². The van der Waals surface area contributed by atoms with Crippen LogP contribution in [0, 0.1) is 0 Å². The second kappa shape index (κ2) is 4.92. The van der Waals surface area contributed by atoms with Gasteiger partial charge in [-0.25, -0.2) is 0 Å². The van der Waals surface area contributed by atoms with Crippen molar-refractivity contribution in [2.75, 3.05) is 20.6 Å². The van der Waals surface area contributed by atoms with Crippen molar-refractivity contribution in [3.8, 4) is 0 Å². The van der Waals surface area contributed by atoms with Crippen molar-refractivity contribution >= 4 is 10.9 Å². The van der Waals surface area contributed by atoms with Crippen LogP contribution in [0.3, 0.4) is 0 Å². The molecule has 0 saturated carbocycles. The van der Waals surface area contributed by atoms with E-state index < -0.39 is 0 Å². The standard InChI is InChI=1S/C15H22N2/c1-12(2)17-10-8-14-6-5-13(11-15(14)17)7-9-16(3)4/h5-6,8,10-12H,7,9H2,1-4H3. The second-order valence-corrected chi connectivity index (χ2v) is 5.26. The van der Waals surface area contributed by atoms with Crippen LogP contribution in [-0.4, -0.2) is 30.1 Å². The summed E-state index contributed by atoms with van der Waals surface area (Å²) in [6.45, 7) is 5.56. The van der Waals surface area contributed by atoms with Gasteiger partial charge in [0.25, 0.3) is 0 Å². The quantitative estimate of drug-likeness (QED) is 0.782. The van der Waals surface area contributed by atoms with Gasteiger partial charge in [-0.1, -0.05) is 12.1 Å². The van der Waals surface area contributed by atoms with E-state index in [1.807, 2.05) is 0 Å². The lowest BCUT2D eigenvalue weighted by Gasteiger charge is -2.12. The van der Waals surface area contributed by atoms with Crippen LogP contribution in [0.5, 0.6) is 0 Å². The molecule has 92 valence electrons. The summed E-state index contributed by atoms with van der Waals surface area (Å²) in [6, 6.07) is 9.54. The summed E-state index contributed by atoms with van der Waals surface area (Å²) < 4.78 is 2.34. The van der Waals surface area contributed by atoms with E-state index in [9.17, 15) is 0 Å². The number of rotatable bonds is 4. The second-order valence-electron chi connectivity index (χ2n) is 5.26. The molecule has 1 heterocycles. The maximum absolute atomic E-state index is 2.34. The molecule has 0 unspecified atom stereocenters. The van der Waals surface area contributed by atoms with E-state index in [0.717, 1.165) is 13.0 Å². The predicted molar refractivity (Wildman–Crippen MR) is 74.6 cm³/mol. The Kier molecular flexibility index (Phi) is 3.53. The number of fused-ring (bicyclic) bond motifs is 1. The summed E-state index contributed by atoms with van der Waals surface area (Å²) in [5.41, 5.74) is 2.78. The first-order valence-corrected chi connectivity index (χ1v) is 6.32. The molecule has 0 saturated heterocycles. The van der Waals surface area contributed by atoms with Crippen molar-refractivity contribution in [1.82, 2.24) is 9.47 Å². The molecular weight excluding hydrogens is 208 g/mol. The van der Waals surface area contributed by atoms with Crippen molar-refractivity contribution in [2.45, 2.75) is 26.3 Å². The SMILES string of the molecule is CC(C)n1ccc2ccc(CCN(C)C)cc21. The highest BCUT2D eigenvalue weighted by Gasteiger charge is 2.05. The van der Waals surface area contributed by atoms with Crippen molar-refractivity contribution in [1.29, 1.82) is 0 Å². The zero-order chi connectivity index (χ0) is 12.4. The fraction of sp³-hybridized carbons (Fsp3) is 0.467. The molecule has 0 atom stereocenters. The van der Waals surface area contributed by atoms with Crippen LogP contribution >= 0.6 is 0 Å². The Balaban J connectivity index is 2.31. The van der Waals surface area contributed by atoms with Crippen LogP contribution in [-0.2, 0) is 6.42 Å². The average Bonchev–Trinajstić information content (AvgIpc) is 2.69. The Hall–Kier alpha value is -1.28. The van der Waals surface area contributed by atoms with Gasteiger partial charge in [-0.05, 0) is 57.4 Å². The molecule has 0 radical (unpaired) electrons. The molecule has 1 aromatic heterocycles. The molecule has 0 amide bonds. The van der Waals surface area contributed by atoms with Gasteiger partial charge in [0, 0.05) is 24.3 Å². The number of likely N-dealkylation sites (N-methyl/N-ethyl adjacent to an activating group) is 1. The molecule has 2 heteroatoms. The fourth-order valence-electron chi connectivity index (χ4n) is 2.15. The van der Waals surface area contributed by atoms with E-state index in [1.54, 1.807) is 0 Å². The highest BCUT2D eigenvalue weighted by Crippen LogP contribution is 2.21. The molecule has 0 spiro atoms. The predicted octanol–water partition coefficient (Wildman–Crippen LogP) is 3.33. The highest BCUT2D eigenvalue weighted by molar-refractivity contribution is 5.81. The molecule has 0 bridgehead atoms. The summed E-state index contributed by atoms with van der Waals surface area (Å²) in [7, 11) is 4.24. The fourth-order valence-corrected chi connectivity index (χ4v) is 2.15. The Morgan fingerprint density at radius 2 is 1.94 bits per heavy atom. The van der Waals surface area contributed by atoms with Crippen LogP contribution in [0.25, 0.3) is 10.9 Å². The first-order valence-electron chi connectivity index (χ1n) is 6.32. The van der Waals surface area contributed by atoms with Crippen molar-refractivity contribution in [2.24, 2.45) is 0 Å². The lowest BCUT2D eigenvalue weighted by atomic mass is 10.1. The molecule has 2 nitrogen and oxygen atoms in total. The molecule has 2 rings (SSSR count). The average molecular weight is 230 g/mol. The highest BCUT2D eigenvalue weighted by atomic mass is 15.0. The molecule has 0 aliphatic rings. The minimum absolute atomic E-state index is 0.525. The third kappa shape index (κ3) is 2.70. The smallest absolute Gasteiger partial charge is 0.0485 e. The summed E-state index contributed by atoms with van der Waals surface area (Å²) in [6.07, 6.45) is 3.30. The molecule has 0 fully saturated rings. The Labute approximate surface area is 104 Å². The molecule has 0 aliphatic carbocycles. The Morgan fingerprint density at radius 1 is 1.18 bits per heavy atom. The largest absolute Gasteiger partial charge is 0.345 e. The lowest BCUT2D eigenvalue weighted by Crippen LogP contribution is -2.15. The lowest BCUT2D eigenvalue weighted by molar-refractivity contribution is 0.413. The number of hydrogen-bond donors (Lipinski definition) is 0. The van der Waals surface area contributed by atoms with Gasteiger partial charge in [0.15, 0.2) is 0 Å². The normalized spacial score (nSPS) is 11.9. The van der Waals surface area contributed by atoms with Crippen molar-refractivity contribution in [3.05, 3.63) is 36.0 Å². The zero-order valence-corrected chi connectivity index (χ0v) is 11.3. The van der Waals surface area contributed by atoms with E-state index in [2.05, 4.69) is 67.9 Å². The van der Waals surface area contributed by atoms with Gasteiger partial charge in [-0.15, -0.1) is 0 Å².